The number of hydrogen-bond donors (Lipinski definition) is 1. The molecule has 0 saturated carbocycles. The van der Waals surface area contributed by atoms with Gasteiger partial charge in [0.15, 0.2) is 0 Å². The van der Waals surface area contributed by atoms with Crippen LogP contribution in [0, 0.1) is 0 Å². The van der Waals surface area contributed by atoms with Crippen LogP contribution in [0.15, 0.2) is 59.0 Å². The Balaban J connectivity index is 1.81. The summed E-state index contributed by atoms with van der Waals surface area (Å²) in [7, 11) is 4.17. The second-order valence-electron chi connectivity index (χ2n) is 5.79. The fourth-order valence-electron chi connectivity index (χ4n) is 2.56. The number of likely N-dealkylation sites (N-methyl/N-ethyl adjacent to an activating group) is 1. The van der Waals surface area contributed by atoms with E-state index in [4.69, 9.17) is 4.42 Å². The fourth-order valence-corrected chi connectivity index (χ4v) is 2.56. The molecule has 2 aromatic carbocycles. The largest absolute Gasteiger partial charge is 0.456 e. The van der Waals surface area contributed by atoms with E-state index in [9.17, 15) is 0 Å². The molecule has 0 fully saturated rings. The van der Waals surface area contributed by atoms with Crippen molar-refractivity contribution in [2.45, 2.75) is 6.54 Å². The van der Waals surface area contributed by atoms with Crippen LogP contribution in [0.3, 0.4) is 0 Å². The van der Waals surface area contributed by atoms with E-state index in [1.165, 1.54) is 5.56 Å². The van der Waals surface area contributed by atoms with Crippen molar-refractivity contribution in [2.75, 3.05) is 27.2 Å². The third-order valence-electron chi connectivity index (χ3n) is 3.76. The zero-order valence-electron chi connectivity index (χ0n) is 13.2. The van der Waals surface area contributed by atoms with Gasteiger partial charge in [0.25, 0.3) is 0 Å². The van der Waals surface area contributed by atoms with Crippen molar-refractivity contribution >= 4 is 11.0 Å². The first-order valence-electron chi connectivity index (χ1n) is 7.66. The van der Waals surface area contributed by atoms with Gasteiger partial charge in [-0.05, 0) is 31.8 Å². The Morgan fingerprint density at radius 1 is 1.00 bits per heavy atom. The maximum absolute atomic E-state index is 6.00. The predicted molar refractivity (Wildman–Crippen MR) is 91.9 cm³/mol. The molecule has 3 aromatic rings. The highest BCUT2D eigenvalue weighted by Gasteiger charge is 2.09. The van der Waals surface area contributed by atoms with Crippen molar-refractivity contribution in [1.82, 2.24) is 10.2 Å². The monoisotopic (exact) mass is 294 g/mol. The van der Waals surface area contributed by atoms with Crippen molar-refractivity contribution in [1.29, 1.82) is 0 Å². The van der Waals surface area contributed by atoms with E-state index in [-0.39, 0.29) is 0 Å². The summed E-state index contributed by atoms with van der Waals surface area (Å²) in [6.07, 6.45) is 0. The zero-order valence-corrected chi connectivity index (χ0v) is 13.2. The van der Waals surface area contributed by atoms with Crippen molar-refractivity contribution in [3.63, 3.8) is 0 Å². The maximum Gasteiger partial charge on any atom is 0.135 e. The summed E-state index contributed by atoms with van der Waals surface area (Å²) in [6.45, 7) is 2.86. The molecule has 0 atom stereocenters. The third-order valence-corrected chi connectivity index (χ3v) is 3.76. The summed E-state index contributed by atoms with van der Waals surface area (Å²) in [5.74, 6) is 0.936. The molecule has 0 spiro atoms. The molecule has 3 nitrogen and oxygen atoms in total. The number of benzene rings is 2. The van der Waals surface area contributed by atoms with Crippen molar-refractivity contribution in [3.8, 4) is 11.3 Å². The summed E-state index contributed by atoms with van der Waals surface area (Å²) in [5, 5.41) is 4.64. The second kappa shape index (κ2) is 6.77. The molecule has 1 aromatic heterocycles. The van der Waals surface area contributed by atoms with E-state index in [2.05, 4.69) is 60.7 Å². The van der Waals surface area contributed by atoms with Gasteiger partial charge in [0.2, 0.25) is 0 Å². The first-order valence-corrected chi connectivity index (χ1v) is 7.66. The molecule has 114 valence electrons. The highest BCUT2D eigenvalue weighted by atomic mass is 16.3. The number of nitrogens with one attached hydrogen (secondary N) is 1. The van der Waals surface area contributed by atoms with E-state index in [1.54, 1.807) is 0 Å². The molecular formula is C19H22N2O. The van der Waals surface area contributed by atoms with Gasteiger partial charge < -0.3 is 14.6 Å². The molecular weight excluding hydrogens is 272 g/mol. The van der Waals surface area contributed by atoms with E-state index >= 15 is 0 Å². The lowest BCUT2D eigenvalue weighted by atomic mass is 10.0. The van der Waals surface area contributed by atoms with Gasteiger partial charge in [-0.2, -0.15) is 0 Å². The van der Waals surface area contributed by atoms with Crippen LogP contribution in [-0.4, -0.2) is 32.1 Å². The van der Waals surface area contributed by atoms with Crippen LogP contribution in [0.5, 0.6) is 0 Å². The normalized spacial score (nSPS) is 11.4. The minimum absolute atomic E-state index is 0.848. The molecule has 22 heavy (non-hydrogen) atoms. The van der Waals surface area contributed by atoms with Gasteiger partial charge in [-0.15, -0.1) is 0 Å². The quantitative estimate of drug-likeness (QED) is 0.702. The lowest BCUT2D eigenvalue weighted by molar-refractivity contribution is 0.400. The lowest BCUT2D eigenvalue weighted by Gasteiger charge is -2.12. The first-order chi connectivity index (χ1) is 10.7. The van der Waals surface area contributed by atoms with Gasteiger partial charge in [-0.3, -0.25) is 0 Å². The second-order valence-corrected chi connectivity index (χ2v) is 5.79. The Kier molecular flexibility index (Phi) is 4.56. The van der Waals surface area contributed by atoms with Gasteiger partial charge in [0.05, 0.1) is 0 Å². The Morgan fingerprint density at radius 3 is 2.59 bits per heavy atom. The summed E-state index contributed by atoms with van der Waals surface area (Å²) in [5.41, 5.74) is 3.37. The molecule has 3 heteroatoms. The van der Waals surface area contributed by atoms with Crippen molar-refractivity contribution in [2.24, 2.45) is 0 Å². The first kappa shape index (κ1) is 14.8. The van der Waals surface area contributed by atoms with Crippen LogP contribution in [0.1, 0.15) is 5.56 Å². The minimum atomic E-state index is 0.848. The highest BCUT2D eigenvalue weighted by Crippen LogP contribution is 2.29. The van der Waals surface area contributed by atoms with Crippen LogP contribution >= 0.6 is 0 Å². The molecule has 0 amide bonds. The summed E-state index contributed by atoms with van der Waals surface area (Å²) in [6, 6.07) is 18.7. The van der Waals surface area contributed by atoms with Crippen LogP contribution in [-0.2, 0) is 6.54 Å². The van der Waals surface area contributed by atoms with E-state index in [1.807, 2.05) is 18.2 Å². The van der Waals surface area contributed by atoms with Gasteiger partial charge in [0.1, 0.15) is 11.3 Å². The van der Waals surface area contributed by atoms with Crippen LogP contribution in [0.25, 0.3) is 22.3 Å². The highest BCUT2D eigenvalue weighted by molar-refractivity contribution is 5.83. The molecule has 0 unspecified atom stereocenters. The molecule has 0 radical (unpaired) electrons. The number of nitrogens with zero attached hydrogens (tertiary/aromatic N) is 1. The molecule has 1 N–H and O–H groups in total. The molecule has 3 rings (SSSR count). The van der Waals surface area contributed by atoms with E-state index in [0.717, 1.165) is 41.9 Å². The molecule has 0 aliphatic carbocycles. The summed E-state index contributed by atoms with van der Waals surface area (Å²) >= 11 is 0. The SMILES string of the molecule is CN(C)CCNCc1ccccc1-c1cc2ccccc2o1. The van der Waals surface area contributed by atoms with Gasteiger partial charge in [-0.25, -0.2) is 0 Å². The van der Waals surface area contributed by atoms with E-state index in [0.29, 0.717) is 0 Å². The molecule has 1 heterocycles. The molecule has 0 saturated heterocycles. The minimum Gasteiger partial charge on any atom is -0.456 e. The number of furan rings is 1. The van der Waals surface area contributed by atoms with Crippen LogP contribution < -0.4 is 5.32 Å². The van der Waals surface area contributed by atoms with Crippen molar-refractivity contribution in [3.05, 3.63) is 60.2 Å². The van der Waals surface area contributed by atoms with Gasteiger partial charge in [0, 0.05) is 30.6 Å². The Labute approximate surface area is 131 Å². The average Bonchev–Trinajstić information content (AvgIpc) is 2.95. The fraction of sp³-hybridized carbons (Fsp3) is 0.263. The van der Waals surface area contributed by atoms with E-state index < -0.39 is 0 Å². The standard InChI is InChI=1S/C19H22N2O/c1-21(2)12-11-20-14-16-8-3-5-9-17(16)19-13-15-7-4-6-10-18(15)22-19/h3-10,13,20H,11-12,14H2,1-2H3. The third kappa shape index (κ3) is 3.38. The Bertz CT molecular complexity index is 713. The molecule has 0 aliphatic rings. The summed E-state index contributed by atoms with van der Waals surface area (Å²) < 4.78 is 6.00. The van der Waals surface area contributed by atoms with Crippen LogP contribution in [0.2, 0.25) is 0 Å². The Morgan fingerprint density at radius 2 is 1.77 bits per heavy atom. The zero-order chi connectivity index (χ0) is 15.4. The number of rotatable bonds is 6. The number of para-hydroxylation sites is 1. The van der Waals surface area contributed by atoms with Crippen LogP contribution in [0.4, 0.5) is 0 Å². The smallest absolute Gasteiger partial charge is 0.135 e. The lowest BCUT2D eigenvalue weighted by Crippen LogP contribution is -2.26. The topological polar surface area (TPSA) is 28.4 Å². The Hall–Kier alpha value is -2.10. The van der Waals surface area contributed by atoms with Crippen molar-refractivity contribution < 1.29 is 4.42 Å². The van der Waals surface area contributed by atoms with Gasteiger partial charge >= 0.3 is 0 Å². The molecule has 0 bridgehead atoms. The van der Waals surface area contributed by atoms with Gasteiger partial charge in [-0.1, -0.05) is 42.5 Å². The number of fused-ring (bicyclic) bond motifs is 1. The average molecular weight is 294 g/mol. The molecule has 0 aliphatic heterocycles. The predicted octanol–water partition coefficient (Wildman–Crippen LogP) is 3.75. The maximum atomic E-state index is 6.00. The summed E-state index contributed by atoms with van der Waals surface area (Å²) in [4.78, 5) is 2.18. The number of hydrogen-bond acceptors (Lipinski definition) is 3.